The quantitative estimate of drug-likeness (QED) is 0.581. The van der Waals surface area contributed by atoms with Crippen molar-refractivity contribution in [3.8, 4) is 0 Å². The van der Waals surface area contributed by atoms with E-state index >= 15 is 0 Å². The Hall–Kier alpha value is -2.61. The predicted octanol–water partition coefficient (Wildman–Crippen LogP) is 3.21. The van der Waals surface area contributed by atoms with Gasteiger partial charge in [0.25, 0.3) is 5.22 Å². The summed E-state index contributed by atoms with van der Waals surface area (Å²) in [5, 5.41) is 11.6. The highest BCUT2D eigenvalue weighted by Gasteiger charge is 2.39. The molecule has 1 aromatic carbocycles. The van der Waals surface area contributed by atoms with E-state index in [0.29, 0.717) is 11.1 Å². The largest absolute Gasteiger partial charge is 0.416 e. The molecule has 142 valence electrons. The molecule has 8 heteroatoms. The number of aromatic nitrogens is 2. The van der Waals surface area contributed by atoms with E-state index in [1.54, 1.807) is 6.92 Å². The molecule has 7 nitrogen and oxygen atoms in total. The summed E-state index contributed by atoms with van der Waals surface area (Å²) in [5.41, 5.74) is 1.17. The van der Waals surface area contributed by atoms with Gasteiger partial charge < -0.3 is 9.73 Å². The first-order chi connectivity index (χ1) is 13.0. The lowest BCUT2D eigenvalue weighted by Gasteiger charge is -2.34. The minimum atomic E-state index is -0.451. The van der Waals surface area contributed by atoms with Crippen LogP contribution >= 0.6 is 11.8 Å². The SMILES string of the molecule is C=CCN1C(=O)NC(C)C(Cc2nnc(SC(C)c3ccccc3)o2)C1=O. The van der Waals surface area contributed by atoms with Gasteiger partial charge in [0.2, 0.25) is 11.8 Å². The molecule has 3 atom stereocenters. The molecule has 0 radical (unpaired) electrons. The monoisotopic (exact) mass is 386 g/mol. The van der Waals surface area contributed by atoms with Gasteiger partial charge >= 0.3 is 6.03 Å². The van der Waals surface area contributed by atoms with E-state index in [-0.39, 0.29) is 30.2 Å². The molecular formula is C19H22N4O3S. The molecule has 2 heterocycles. The van der Waals surface area contributed by atoms with Crippen LogP contribution in [0.3, 0.4) is 0 Å². The highest BCUT2D eigenvalue weighted by Crippen LogP contribution is 2.34. The fourth-order valence-electron chi connectivity index (χ4n) is 2.95. The number of imide groups is 1. The number of thioether (sulfide) groups is 1. The Balaban J connectivity index is 1.67. The number of carbonyl (C=O) groups excluding carboxylic acids is 2. The summed E-state index contributed by atoms with van der Waals surface area (Å²) in [5.74, 6) is -0.318. The van der Waals surface area contributed by atoms with Gasteiger partial charge in [-0.3, -0.25) is 9.69 Å². The number of rotatable bonds is 7. The maximum absolute atomic E-state index is 12.6. The minimum absolute atomic E-state index is 0.164. The second-order valence-electron chi connectivity index (χ2n) is 6.42. The Bertz CT molecular complexity index is 823. The van der Waals surface area contributed by atoms with Crippen LogP contribution < -0.4 is 5.32 Å². The van der Waals surface area contributed by atoms with Crippen molar-refractivity contribution in [1.29, 1.82) is 0 Å². The minimum Gasteiger partial charge on any atom is -0.416 e. The van der Waals surface area contributed by atoms with Crippen LogP contribution in [0, 0.1) is 5.92 Å². The molecule has 0 saturated carbocycles. The summed E-state index contributed by atoms with van der Waals surface area (Å²) in [6.45, 7) is 7.63. The molecule has 0 aliphatic carbocycles. The van der Waals surface area contributed by atoms with E-state index in [4.69, 9.17) is 4.42 Å². The number of urea groups is 1. The van der Waals surface area contributed by atoms with Crippen LogP contribution in [0.15, 0.2) is 52.6 Å². The Morgan fingerprint density at radius 1 is 1.33 bits per heavy atom. The highest BCUT2D eigenvalue weighted by molar-refractivity contribution is 7.99. The van der Waals surface area contributed by atoms with Crippen molar-refractivity contribution in [2.24, 2.45) is 5.92 Å². The third kappa shape index (κ3) is 4.39. The molecule has 1 aliphatic heterocycles. The zero-order chi connectivity index (χ0) is 19.4. The summed E-state index contributed by atoms with van der Waals surface area (Å²) in [7, 11) is 0. The molecule has 1 N–H and O–H groups in total. The van der Waals surface area contributed by atoms with Gasteiger partial charge in [0.1, 0.15) is 0 Å². The average molecular weight is 386 g/mol. The van der Waals surface area contributed by atoms with Crippen LogP contribution in [-0.4, -0.2) is 39.6 Å². The van der Waals surface area contributed by atoms with Crippen molar-refractivity contribution in [1.82, 2.24) is 20.4 Å². The summed E-state index contributed by atoms with van der Waals surface area (Å²) in [4.78, 5) is 25.7. The number of hydrogen-bond acceptors (Lipinski definition) is 6. The maximum Gasteiger partial charge on any atom is 0.324 e. The number of amides is 3. The van der Waals surface area contributed by atoms with E-state index in [0.717, 1.165) is 4.90 Å². The number of benzene rings is 1. The molecule has 1 fully saturated rings. The van der Waals surface area contributed by atoms with Crippen molar-refractivity contribution in [2.75, 3.05) is 6.54 Å². The molecule has 1 aliphatic rings. The van der Waals surface area contributed by atoms with Crippen LogP contribution in [0.1, 0.15) is 30.6 Å². The Labute approximate surface area is 162 Å². The van der Waals surface area contributed by atoms with E-state index in [1.807, 2.05) is 30.3 Å². The van der Waals surface area contributed by atoms with Crippen molar-refractivity contribution < 1.29 is 14.0 Å². The maximum atomic E-state index is 12.6. The average Bonchev–Trinajstić information content (AvgIpc) is 3.10. The highest BCUT2D eigenvalue weighted by atomic mass is 32.2. The van der Waals surface area contributed by atoms with Crippen molar-refractivity contribution in [3.63, 3.8) is 0 Å². The first-order valence-corrected chi connectivity index (χ1v) is 9.64. The van der Waals surface area contributed by atoms with Gasteiger partial charge in [-0.15, -0.1) is 16.8 Å². The molecule has 27 heavy (non-hydrogen) atoms. The van der Waals surface area contributed by atoms with Crippen molar-refractivity contribution >= 4 is 23.7 Å². The molecule has 1 saturated heterocycles. The molecule has 3 amide bonds. The summed E-state index contributed by atoms with van der Waals surface area (Å²) >= 11 is 1.47. The summed E-state index contributed by atoms with van der Waals surface area (Å²) in [6, 6.07) is 9.35. The molecule has 3 rings (SSSR count). The lowest BCUT2D eigenvalue weighted by atomic mass is 9.93. The standard InChI is InChI=1S/C19H22N4O3S/c1-4-10-23-17(24)15(12(2)20-18(23)25)11-16-21-22-19(26-16)27-13(3)14-8-6-5-7-9-14/h4-9,12-13,15H,1,10-11H2,2-3H3,(H,20,25). The van der Waals surface area contributed by atoms with Gasteiger partial charge in [-0.25, -0.2) is 4.79 Å². The van der Waals surface area contributed by atoms with Crippen LogP contribution in [0.2, 0.25) is 0 Å². The fraction of sp³-hybridized carbons (Fsp3) is 0.368. The zero-order valence-corrected chi connectivity index (χ0v) is 16.1. The van der Waals surface area contributed by atoms with E-state index in [2.05, 4.69) is 29.0 Å². The first kappa shape index (κ1) is 19.2. The lowest BCUT2D eigenvalue weighted by molar-refractivity contribution is -0.134. The zero-order valence-electron chi connectivity index (χ0n) is 15.3. The van der Waals surface area contributed by atoms with Crippen molar-refractivity contribution in [3.05, 3.63) is 54.4 Å². The molecule has 1 aromatic heterocycles. The molecular weight excluding hydrogens is 364 g/mol. The fourth-order valence-corrected chi connectivity index (χ4v) is 3.78. The summed E-state index contributed by atoms with van der Waals surface area (Å²) < 4.78 is 5.73. The predicted molar refractivity (Wildman–Crippen MR) is 102 cm³/mol. The van der Waals surface area contributed by atoms with Gasteiger partial charge in [-0.1, -0.05) is 48.2 Å². The van der Waals surface area contributed by atoms with Crippen LogP contribution in [0.5, 0.6) is 0 Å². The van der Waals surface area contributed by atoms with Crippen LogP contribution in [0.4, 0.5) is 4.79 Å². The summed E-state index contributed by atoms with van der Waals surface area (Å²) in [6.07, 6.45) is 1.80. The van der Waals surface area contributed by atoms with Crippen LogP contribution in [-0.2, 0) is 11.2 Å². The Morgan fingerprint density at radius 2 is 2.07 bits per heavy atom. The van der Waals surface area contributed by atoms with Crippen molar-refractivity contribution in [2.45, 2.75) is 36.8 Å². The third-order valence-corrected chi connectivity index (χ3v) is 5.48. The molecule has 0 spiro atoms. The smallest absolute Gasteiger partial charge is 0.324 e. The van der Waals surface area contributed by atoms with Crippen LogP contribution in [0.25, 0.3) is 0 Å². The lowest BCUT2D eigenvalue weighted by Crippen LogP contribution is -2.59. The topological polar surface area (TPSA) is 88.3 Å². The van der Waals surface area contributed by atoms with Gasteiger partial charge in [0.05, 0.1) is 5.92 Å². The number of hydrogen-bond donors (Lipinski definition) is 1. The second kappa shape index (κ2) is 8.39. The van der Waals surface area contributed by atoms with E-state index in [1.165, 1.54) is 23.4 Å². The second-order valence-corrected chi connectivity index (χ2v) is 7.71. The first-order valence-electron chi connectivity index (χ1n) is 8.76. The van der Waals surface area contributed by atoms with Gasteiger partial charge in [0, 0.05) is 24.3 Å². The Morgan fingerprint density at radius 3 is 2.78 bits per heavy atom. The number of carbonyl (C=O) groups is 2. The molecule has 3 unspecified atom stereocenters. The van der Waals surface area contributed by atoms with E-state index in [9.17, 15) is 9.59 Å². The third-order valence-electron chi connectivity index (χ3n) is 4.48. The van der Waals surface area contributed by atoms with Gasteiger partial charge in [0.15, 0.2) is 0 Å². The van der Waals surface area contributed by atoms with E-state index < -0.39 is 11.9 Å². The Kier molecular flexibility index (Phi) is 5.95. The number of nitrogens with zero attached hydrogens (tertiary/aromatic N) is 3. The normalized spacial score (nSPS) is 21.0. The van der Waals surface area contributed by atoms with Gasteiger partial charge in [-0.2, -0.15) is 0 Å². The number of nitrogens with one attached hydrogen (secondary N) is 1. The molecule has 0 bridgehead atoms. The van der Waals surface area contributed by atoms with Gasteiger partial charge in [-0.05, 0) is 19.4 Å². The molecule has 2 aromatic rings.